The summed E-state index contributed by atoms with van der Waals surface area (Å²) < 4.78 is 14.5. The number of halogens is 2. The summed E-state index contributed by atoms with van der Waals surface area (Å²) in [4.78, 5) is 19.0. The van der Waals surface area contributed by atoms with Crippen molar-refractivity contribution in [2.75, 3.05) is 0 Å². The van der Waals surface area contributed by atoms with Crippen LogP contribution in [-0.2, 0) is 0 Å². The minimum atomic E-state index is -0.584. The Hall–Kier alpha value is -1.99. The van der Waals surface area contributed by atoms with Gasteiger partial charge in [0.25, 0.3) is 5.56 Å². The number of aromatic hydroxyl groups is 1. The molecular weight excluding hydrogens is 353 g/mol. The van der Waals surface area contributed by atoms with E-state index in [-0.39, 0.29) is 27.3 Å². The van der Waals surface area contributed by atoms with Crippen molar-refractivity contribution in [3.05, 3.63) is 49.7 Å². The summed E-state index contributed by atoms with van der Waals surface area (Å²) in [6, 6.07) is 4.06. The molecule has 3 rings (SSSR count). The quantitative estimate of drug-likeness (QED) is 0.641. The number of hydrogen-bond acceptors (Lipinski definition) is 4. The fraction of sp³-hybridized carbons (Fsp3) is 0.312. The van der Waals surface area contributed by atoms with Gasteiger partial charge in [0.2, 0.25) is 5.88 Å². The molecule has 1 aromatic carbocycles. The summed E-state index contributed by atoms with van der Waals surface area (Å²) in [5, 5.41) is 10.4. The summed E-state index contributed by atoms with van der Waals surface area (Å²) in [6.45, 7) is 0. The van der Waals surface area contributed by atoms with Crippen molar-refractivity contribution in [2.24, 2.45) is 4.99 Å². The second-order valence-electron chi connectivity index (χ2n) is 5.65. The van der Waals surface area contributed by atoms with Crippen LogP contribution in [0.4, 0.5) is 4.39 Å². The molecule has 1 aromatic heterocycles. The molecule has 0 unspecified atom stereocenters. The topological polar surface area (TPSA) is 70.4 Å². The highest BCUT2D eigenvalue weighted by molar-refractivity contribution is 7.71. The van der Waals surface area contributed by atoms with Gasteiger partial charge in [0.05, 0.1) is 10.7 Å². The lowest BCUT2D eigenvalue weighted by atomic mass is 10.2. The molecule has 0 aliphatic heterocycles. The molecular formula is C16H15ClFN3O2S. The highest BCUT2D eigenvalue weighted by Crippen LogP contribution is 2.24. The zero-order valence-corrected chi connectivity index (χ0v) is 14.2. The molecule has 0 saturated heterocycles. The molecule has 0 amide bonds. The molecule has 1 fully saturated rings. The average Bonchev–Trinajstić information content (AvgIpc) is 3.03. The number of benzene rings is 1. The third-order valence-electron chi connectivity index (χ3n) is 4.02. The molecule has 1 aliphatic carbocycles. The van der Waals surface area contributed by atoms with Crippen LogP contribution < -0.4 is 5.56 Å². The zero-order valence-electron chi connectivity index (χ0n) is 12.6. The zero-order chi connectivity index (χ0) is 17.3. The summed E-state index contributed by atoms with van der Waals surface area (Å²) in [5.41, 5.74) is -0.171. The first-order chi connectivity index (χ1) is 11.5. The highest BCUT2D eigenvalue weighted by atomic mass is 35.5. The van der Waals surface area contributed by atoms with E-state index in [9.17, 15) is 14.3 Å². The van der Waals surface area contributed by atoms with E-state index < -0.39 is 11.4 Å². The number of H-pyrrole nitrogens is 1. The Bertz CT molecular complexity index is 917. The van der Waals surface area contributed by atoms with Gasteiger partial charge in [-0.25, -0.2) is 4.39 Å². The largest absolute Gasteiger partial charge is 0.494 e. The van der Waals surface area contributed by atoms with Crippen molar-refractivity contribution in [1.29, 1.82) is 0 Å². The number of nitrogens with zero attached hydrogens (tertiary/aromatic N) is 2. The Morgan fingerprint density at radius 3 is 2.79 bits per heavy atom. The van der Waals surface area contributed by atoms with Crippen molar-refractivity contribution in [1.82, 2.24) is 9.55 Å². The number of hydrogen-bond donors (Lipinski definition) is 2. The van der Waals surface area contributed by atoms with Gasteiger partial charge in [-0.1, -0.05) is 24.4 Å². The van der Waals surface area contributed by atoms with Crippen LogP contribution in [0, 0.1) is 10.6 Å². The summed E-state index contributed by atoms with van der Waals surface area (Å²) >= 11 is 10.9. The molecule has 24 heavy (non-hydrogen) atoms. The van der Waals surface area contributed by atoms with Crippen molar-refractivity contribution in [3.63, 3.8) is 0 Å². The molecule has 126 valence electrons. The molecule has 5 nitrogen and oxygen atoms in total. The Morgan fingerprint density at radius 2 is 2.12 bits per heavy atom. The molecule has 2 N–H and O–H groups in total. The molecule has 1 saturated carbocycles. The van der Waals surface area contributed by atoms with Gasteiger partial charge >= 0.3 is 0 Å². The Balaban J connectivity index is 2.10. The maximum Gasteiger partial charge on any atom is 0.264 e. The lowest BCUT2D eigenvalue weighted by Crippen LogP contribution is -2.18. The van der Waals surface area contributed by atoms with E-state index in [4.69, 9.17) is 23.8 Å². The van der Waals surface area contributed by atoms with Crippen molar-refractivity contribution >= 4 is 30.0 Å². The van der Waals surface area contributed by atoms with Crippen LogP contribution in [0.3, 0.4) is 0 Å². The SMILES string of the molecule is O=c1[nH]c(=S)n(-c2ccc(F)c(Cl)c2)c(O)c1C=NC1CCCC1. The fourth-order valence-corrected chi connectivity index (χ4v) is 3.21. The van der Waals surface area contributed by atoms with E-state index in [1.807, 2.05) is 0 Å². The summed E-state index contributed by atoms with van der Waals surface area (Å²) in [6.07, 6.45) is 5.55. The van der Waals surface area contributed by atoms with Crippen molar-refractivity contribution in [3.8, 4) is 11.6 Å². The molecule has 1 aliphatic rings. The van der Waals surface area contributed by atoms with Gasteiger partial charge < -0.3 is 5.11 Å². The fourth-order valence-electron chi connectivity index (χ4n) is 2.75. The van der Waals surface area contributed by atoms with Gasteiger partial charge in [-0.3, -0.25) is 19.3 Å². The van der Waals surface area contributed by atoms with Crippen LogP contribution in [0.15, 0.2) is 28.0 Å². The maximum absolute atomic E-state index is 13.3. The van der Waals surface area contributed by atoms with Gasteiger partial charge in [-0.2, -0.15) is 0 Å². The minimum absolute atomic E-state index is 0.0101. The average molecular weight is 368 g/mol. The second kappa shape index (κ2) is 6.86. The normalized spacial score (nSPS) is 15.4. The predicted octanol–water partition coefficient (Wildman–Crippen LogP) is 3.75. The first-order valence-electron chi connectivity index (χ1n) is 7.54. The maximum atomic E-state index is 13.3. The number of rotatable bonds is 3. The summed E-state index contributed by atoms with van der Waals surface area (Å²) in [7, 11) is 0. The van der Waals surface area contributed by atoms with Gasteiger partial charge in [-0.05, 0) is 43.3 Å². The number of aromatic amines is 1. The van der Waals surface area contributed by atoms with E-state index >= 15 is 0 Å². The first kappa shape index (κ1) is 16.9. The van der Waals surface area contributed by atoms with E-state index in [0.29, 0.717) is 5.69 Å². The highest BCUT2D eigenvalue weighted by Gasteiger charge is 2.16. The molecule has 1 heterocycles. The third kappa shape index (κ3) is 3.27. The van der Waals surface area contributed by atoms with Crippen LogP contribution in [0.2, 0.25) is 5.02 Å². The van der Waals surface area contributed by atoms with E-state index in [1.165, 1.54) is 22.9 Å². The van der Waals surface area contributed by atoms with E-state index in [1.54, 1.807) is 0 Å². The molecule has 8 heteroatoms. The first-order valence-corrected chi connectivity index (χ1v) is 8.33. The monoisotopic (exact) mass is 367 g/mol. The van der Waals surface area contributed by atoms with Crippen LogP contribution in [0.1, 0.15) is 31.2 Å². The Labute approximate surface area is 147 Å². The van der Waals surface area contributed by atoms with Crippen LogP contribution in [0.5, 0.6) is 5.88 Å². The molecule has 0 spiro atoms. The summed E-state index contributed by atoms with van der Waals surface area (Å²) in [5.74, 6) is -0.938. The lowest BCUT2D eigenvalue weighted by Gasteiger charge is -2.12. The molecule has 0 atom stereocenters. The van der Waals surface area contributed by atoms with Gasteiger partial charge in [0.1, 0.15) is 11.4 Å². The second-order valence-corrected chi connectivity index (χ2v) is 6.44. The Kier molecular flexibility index (Phi) is 4.82. The molecule has 0 bridgehead atoms. The van der Waals surface area contributed by atoms with E-state index in [0.717, 1.165) is 31.7 Å². The predicted molar refractivity (Wildman–Crippen MR) is 93.7 cm³/mol. The van der Waals surface area contributed by atoms with Crippen molar-refractivity contribution in [2.45, 2.75) is 31.7 Å². The van der Waals surface area contributed by atoms with Crippen LogP contribution in [-0.4, -0.2) is 26.9 Å². The lowest BCUT2D eigenvalue weighted by molar-refractivity contribution is 0.432. The third-order valence-corrected chi connectivity index (χ3v) is 4.60. The van der Waals surface area contributed by atoms with Gasteiger partial charge in [0, 0.05) is 12.3 Å². The number of aromatic nitrogens is 2. The van der Waals surface area contributed by atoms with Gasteiger partial charge in [-0.15, -0.1) is 0 Å². The Morgan fingerprint density at radius 1 is 1.42 bits per heavy atom. The molecule has 0 radical (unpaired) electrons. The van der Waals surface area contributed by atoms with Crippen molar-refractivity contribution < 1.29 is 9.50 Å². The van der Waals surface area contributed by atoms with E-state index in [2.05, 4.69) is 9.98 Å². The smallest absolute Gasteiger partial charge is 0.264 e. The molecule has 2 aromatic rings. The van der Waals surface area contributed by atoms with Crippen LogP contribution >= 0.6 is 23.8 Å². The van der Waals surface area contributed by atoms with Crippen LogP contribution in [0.25, 0.3) is 5.69 Å². The number of nitrogens with one attached hydrogen (secondary N) is 1. The van der Waals surface area contributed by atoms with Gasteiger partial charge in [0.15, 0.2) is 4.77 Å². The number of aliphatic imine (C=N–C) groups is 1. The standard InChI is InChI=1S/C16H15ClFN3O2S/c17-12-7-10(5-6-13(12)18)21-15(23)11(14(22)20-16(21)24)8-19-9-3-1-2-4-9/h5-9,23H,1-4H2,(H,20,22,24). The minimum Gasteiger partial charge on any atom is -0.494 e.